The standard InChI is InChI=1S/C7H9ClN2O/c8-3-6-4-10-1-2-11-5-7(10)9-6/h4H,1-3,5H2. The van der Waals surface area contributed by atoms with Crippen molar-refractivity contribution in [3.63, 3.8) is 0 Å². The second-order valence-corrected chi connectivity index (χ2v) is 2.80. The molecule has 0 spiro atoms. The predicted octanol–water partition coefficient (Wildman–Crippen LogP) is 1.15. The molecule has 0 unspecified atom stereocenters. The first kappa shape index (κ1) is 7.13. The van der Waals surface area contributed by atoms with Gasteiger partial charge >= 0.3 is 0 Å². The van der Waals surface area contributed by atoms with Crippen molar-refractivity contribution in [1.29, 1.82) is 0 Å². The van der Waals surface area contributed by atoms with Gasteiger partial charge in [-0.1, -0.05) is 0 Å². The van der Waals surface area contributed by atoms with Crippen LogP contribution in [-0.2, 0) is 23.8 Å². The maximum Gasteiger partial charge on any atom is 0.135 e. The zero-order valence-corrected chi connectivity index (χ0v) is 6.84. The van der Waals surface area contributed by atoms with Gasteiger partial charge in [0.05, 0.1) is 18.2 Å². The fourth-order valence-corrected chi connectivity index (χ4v) is 1.34. The monoisotopic (exact) mass is 172 g/mol. The van der Waals surface area contributed by atoms with Crippen molar-refractivity contribution < 1.29 is 4.74 Å². The number of alkyl halides is 1. The topological polar surface area (TPSA) is 27.1 Å². The molecule has 1 aromatic rings. The molecule has 4 heteroatoms. The number of hydrogen-bond acceptors (Lipinski definition) is 2. The number of imidazole rings is 1. The smallest absolute Gasteiger partial charge is 0.135 e. The third kappa shape index (κ3) is 1.26. The van der Waals surface area contributed by atoms with Crippen LogP contribution in [0.1, 0.15) is 11.5 Å². The highest BCUT2D eigenvalue weighted by molar-refractivity contribution is 6.16. The lowest BCUT2D eigenvalue weighted by atomic mass is 10.5. The Morgan fingerprint density at radius 1 is 1.73 bits per heavy atom. The Morgan fingerprint density at radius 2 is 2.64 bits per heavy atom. The zero-order chi connectivity index (χ0) is 7.68. The fraction of sp³-hybridized carbons (Fsp3) is 0.571. The highest BCUT2D eigenvalue weighted by atomic mass is 35.5. The second-order valence-electron chi connectivity index (χ2n) is 2.53. The minimum Gasteiger partial charge on any atom is -0.372 e. The normalized spacial score (nSPS) is 16.5. The van der Waals surface area contributed by atoms with Crippen molar-refractivity contribution >= 4 is 11.6 Å². The van der Waals surface area contributed by atoms with Gasteiger partial charge in [-0.2, -0.15) is 0 Å². The van der Waals surface area contributed by atoms with Gasteiger partial charge in [-0.25, -0.2) is 4.98 Å². The van der Waals surface area contributed by atoms with Crippen molar-refractivity contribution in [2.24, 2.45) is 0 Å². The van der Waals surface area contributed by atoms with Crippen LogP contribution in [-0.4, -0.2) is 16.2 Å². The number of rotatable bonds is 1. The number of fused-ring (bicyclic) bond motifs is 1. The summed E-state index contributed by atoms with van der Waals surface area (Å²) in [5, 5.41) is 0. The molecule has 60 valence electrons. The van der Waals surface area contributed by atoms with Gasteiger partial charge in [-0.05, 0) is 0 Å². The van der Waals surface area contributed by atoms with Crippen molar-refractivity contribution in [2.45, 2.75) is 19.0 Å². The van der Waals surface area contributed by atoms with Gasteiger partial charge in [0.2, 0.25) is 0 Å². The SMILES string of the molecule is ClCc1cn2c(n1)COCC2. The molecule has 0 bridgehead atoms. The first-order valence-electron chi connectivity index (χ1n) is 3.59. The summed E-state index contributed by atoms with van der Waals surface area (Å²) in [6.45, 7) is 2.31. The Kier molecular flexibility index (Phi) is 1.84. The van der Waals surface area contributed by atoms with E-state index >= 15 is 0 Å². The number of aromatic nitrogens is 2. The van der Waals surface area contributed by atoms with Gasteiger partial charge < -0.3 is 9.30 Å². The van der Waals surface area contributed by atoms with E-state index in [0.717, 1.165) is 24.7 Å². The van der Waals surface area contributed by atoms with Crippen LogP contribution in [0.25, 0.3) is 0 Å². The summed E-state index contributed by atoms with van der Waals surface area (Å²) in [5.41, 5.74) is 0.937. The lowest BCUT2D eigenvalue weighted by Gasteiger charge is -2.13. The summed E-state index contributed by atoms with van der Waals surface area (Å²) in [6, 6.07) is 0. The van der Waals surface area contributed by atoms with Gasteiger partial charge in [0.25, 0.3) is 0 Å². The lowest BCUT2D eigenvalue weighted by molar-refractivity contribution is 0.0816. The molecule has 0 aromatic carbocycles. The van der Waals surface area contributed by atoms with Crippen molar-refractivity contribution in [3.8, 4) is 0 Å². The van der Waals surface area contributed by atoms with Crippen LogP contribution in [0.2, 0.25) is 0 Å². The molecular formula is C7H9ClN2O. The van der Waals surface area contributed by atoms with Crippen molar-refractivity contribution in [1.82, 2.24) is 9.55 Å². The molecule has 1 aliphatic rings. The van der Waals surface area contributed by atoms with Gasteiger partial charge in [-0.15, -0.1) is 11.6 Å². The van der Waals surface area contributed by atoms with Crippen LogP contribution in [0.4, 0.5) is 0 Å². The molecule has 0 N–H and O–H groups in total. The molecule has 1 aliphatic heterocycles. The summed E-state index contributed by atoms with van der Waals surface area (Å²) in [7, 11) is 0. The fourth-order valence-electron chi connectivity index (χ4n) is 1.21. The molecule has 0 radical (unpaired) electrons. The zero-order valence-electron chi connectivity index (χ0n) is 6.09. The average molecular weight is 173 g/mol. The lowest BCUT2D eigenvalue weighted by Crippen LogP contribution is -2.15. The Hall–Kier alpha value is -0.540. The molecule has 3 nitrogen and oxygen atoms in total. The maximum absolute atomic E-state index is 5.63. The Labute approximate surface area is 69.9 Å². The van der Waals surface area contributed by atoms with E-state index in [-0.39, 0.29) is 0 Å². The summed E-state index contributed by atoms with van der Waals surface area (Å²) in [4.78, 5) is 4.28. The van der Waals surface area contributed by atoms with E-state index in [1.807, 2.05) is 6.20 Å². The predicted molar refractivity (Wildman–Crippen MR) is 41.4 cm³/mol. The summed E-state index contributed by atoms with van der Waals surface area (Å²) < 4.78 is 7.33. The molecule has 0 aliphatic carbocycles. The third-order valence-corrected chi connectivity index (χ3v) is 2.03. The van der Waals surface area contributed by atoms with E-state index in [9.17, 15) is 0 Å². The minimum atomic E-state index is 0.486. The van der Waals surface area contributed by atoms with E-state index in [4.69, 9.17) is 16.3 Å². The maximum atomic E-state index is 5.63. The van der Waals surface area contributed by atoms with E-state index in [1.54, 1.807) is 0 Å². The molecule has 11 heavy (non-hydrogen) atoms. The van der Waals surface area contributed by atoms with Crippen LogP contribution in [0.5, 0.6) is 0 Å². The minimum absolute atomic E-state index is 0.486. The molecule has 1 aromatic heterocycles. The first-order valence-corrected chi connectivity index (χ1v) is 4.12. The van der Waals surface area contributed by atoms with Crippen LogP contribution in [0, 0.1) is 0 Å². The Balaban J connectivity index is 2.32. The van der Waals surface area contributed by atoms with E-state index in [0.29, 0.717) is 12.5 Å². The highest BCUT2D eigenvalue weighted by Gasteiger charge is 2.11. The van der Waals surface area contributed by atoms with Crippen molar-refractivity contribution in [2.75, 3.05) is 6.61 Å². The molecule has 0 atom stereocenters. The van der Waals surface area contributed by atoms with Gasteiger partial charge in [0.15, 0.2) is 0 Å². The summed E-state index contributed by atoms with van der Waals surface area (Å²) >= 11 is 5.63. The van der Waals surface area contributed by atoms with Crippen LogP contribution < -0.4 is 0 Å². The molecule has 0 saturated heterocycles. The number of nitrogens with zero attached hydrogens (tertiary/aromatic N) is 2. The number of halogens is 1. The quantitative estimate of drug-likeness (QED) is 0.595. The highest BCUT2D eigenvalue weighted by Crippen LogP contribution is 2.10. The molecule has 0 amide bonds. The molecule has 2 rings (SSSR count). The second kappa shape index (κ2) is 2.83. The Morgan fingerprint density at radius 3 is 3.36 bits per heavy atom. The average Bonchev–Trinajstić information content (AvgIpc) is 2.46. The van der Waals surface area contributed by atoms with Crippen LogP contribution in [0.3, 0.4) is 0 Å². The largest absolute Gasteiger partial charge is 0.372 e. The summed E-state index contributed by atoms with van der Waals surface area (Å²) in [6.07, 6.45) is 1.99. The van der Waals surface area contributed by atoms with Gasteiger partial charge in [-0.3, -0.25) is 0 Å². The van der Waals surface area contributed by atoms with E-state index in [2.05, 4.69) is 9.55 Å². The van der Waals surface area contributed by atoms with Gasteiger partial charge in [0.1, 0.15) is 12.4 Å². The van der Waals surface area contributed by atoms with Crippen molar-refractivity contribution in [3.05, 3.63) is 17.7 Å². The number of hydrogen-bond donors (Lipinski definition) is 0. The molecule has 0 saturated carbocycles. The molecule has 0 fully saturated rings. The van der Waals surface area contributed by atoms with Crippen LogP contribution >= 0.6 is 11.6 Å². The third-order valence-electron chi connectivity index (χ3n) is 1.75. The van der Waals surface area contributed by atoms with Crippen LogP contribution in [0.15, 0.2) is 6.20 Å². The summed E-state index contributed by atoms with van der Waals surface area (Å²) in [5.74, 6) is 1.48. The Bertz CT molecular complexity index is 235. The first-order chi connectivity index (χ1) is 5.40. The van der Waals surface area contributed by atoms with Gasteiger partial charge in [0, 0.05) is 12.7 Å². The van der Waals surface area contributed by atoms with E-state index in [1.165, 1.54) is 0 Å². The van der Waals surface area contributed by atoms with E-state index < -0.39 is 0 Å². The number of ether oxygens (including phenoxy) is 1. The molecule has 2 heterocycles. The molecular weight excluding hydrogens is 164 g/mol.